The summed E-state index contributed by atoms with van der Waals surface area (Å²) in [4.78, 5) is 12.6. The highest BCUT2D eigenvalue weighted by Gasteiger charge is 2.51. The van der Waals surface area contributed by atoms with Crippen LogP contribution in [0.3, 0.4) is 0 Å². The molecule has 5 rings (SSSR count). The van der Waals surface area contributed by atoms with E-state index in [-0.39, 0.29) is 11.9 Å². The van der Waals surface area contributed by atoms with Gasteiger partial charge in [-0.25, -0.2) is 4.68 Å². The van der Waals surface area contributed by atoms with E-state index >= 15 is 0 Å². The summed E-state index contributed by atoms with van der Waals surface area (Å²) in [7, 11) is 0. The summed E-state index contributed by atoms with van der Waals surface area (Å²) in [6.45, 7) is 4.17. The Bertz CT molecular complexity index is 539. The third kappa shape index (κ3) is 2.46. The topological polar surface area (TPSA) is 46.9 Å². The second kappa shape index (κ2) is 5.10. The van der Waals surface area contributed by atoms with Crippen molar-refractivity contribution in [2.24, 2.45) is 23.2 Å². The monoisotopic (exact) mass is 301 g/mol. The summed E-state index contributed by atoms with van der Waals surface area (Å²) < 4.78 is 1.89. The minimum atomic E-state index is 0.185. The van der Waals surface area contributed by atoms with E-state index in [2.05, 4.69) is 24.3 Å². The number of carbonyl (C=O) groups is 1. The number of anilines is 1. The molecule has 0 atom stereocenters. The van der Waals surface area contributed by atoms with Crippen molar-refractivity contribution in [2.45, 2.75) is 64.8 Å². The maximum Gasteiger partial charge on any atom is 0.226 e. The van der Waals surface area contributed by atoms with E-state index in [1.165, 1.54) is 38.5 Å². The van der Waals surface area contributed by atoms with Crippen LogP contribution in [0, 0.1) is 23.2 Å². The van der Waals surface area contributed by atoms with Crippen LogP contribution in [-0.4, -0.2) is 15.7 Å². The summed E-state index contributed by atoms with van der Waals surface area (Å²) in [6.07, 6.45) is 10.6. The predicted molar refractivity (Wildman–Crippen MR) is 86.5 cm³/mol. The van der Waals surface area contributed by atoms with E-state index in [0.29, 0.717) is 11.8 Å². The quantitative estimate of drug-likeness (QED) is 0.913. The molecular weight excluding hydrogens is 274 g/mol. The Morgan fingerprint density at radius 1 is 1.27 bits per heavy atom. The summed E-state index contributed by atoms with van der Waals surface area (Å²) in [5.74, 6) is 3.73. The first kappa shape index (κ1) is 14.3. The van der Waals surface area contributed by atoms with Crippen molar-refractivity contribution < 1.29 is 4.79 Å². The molecule has 1 heterocycles. The van der Waals surface area contributed by atoms with Crippen molar-refractivity contribution in [3.63, 3.8) is 0 Å². The van der Waals surface area contributed by atoms with Crippen molar-refractivity contribution in [2.75, 3.05) is 5.32 Å². The van der Waals surface area contributed by atoms with Gasteiger partial charge in [0.25, 0.3) is 0 Å². The molecule has 0 unspecified atom stereocenters. The Morgan fingerprint density at radius 3 is 2.41 bits per heavy atom. The lowest BCUT2D eigenvalue weighted by molar-refractivity contribution is -0.124. The first-order chi connectivity index (χ1) is 10.5. The van der Waals surface area contributed by atoms with E-state index in [1.54, 1.807) is 6.20 Å². The fourth-order valence-electron chi connectivity index (χ4n) is 5.86. The summed E-state index contributed by atoms with van der Waals surface area (Å²) in [6, 6.07) is 2.17. The SMILES string of the molecule is CC(C)n1nccc1NC(=O)CC12CC3CC(CC(C3)C1)C2. The van der Waals surface area contributed by atoms with Crippen LogP contribution in [0.4, 0.5) is 5.82 Å². The van der Waals surface area contributed by atoms with Crippen molar-refractivity contribution in [3.8, 4) is 0 Å². The molecule has 4 aliphatic rings. The summed E-state index contributed by atoms with van der Waals surface area (Å²) in [5, 5.41) is 7.41. The highest BCUT2D eigenvalue weighted by Crippen LogP contribution is 2.61. The molecule has 0 aliphatic heterocycles. The molecule has 4 heteroatoms. The zero-order valence-corrected chi connectivity index (χ0v) is 13.7. The molecule has 0 saturated heterocycles. The van der Waals surface area contributed by atoms with Gasteiger partial charge < -0.3 is 5.32 Å². The number of aromatic nitrogens is 2. The highest BCUT2D eigenvalue weighted by atomic mass is 16.1. The number of carbonyl (C=O) groups excluding carboxylic acids is 1. The standard InChI is InChI=1S/C18H27N3O/c1-12(2)21-16(3-4-19-21)20-17(22)11-18-8-13-5-14(9-18)7-15(6-13)10-18/h3-4,12-15H,5-11H2,1-2H3,(H,20,22). The van der Waals surface area contributed by atoms with Gasteiger partial charge in [-0.05, 0) is 75.5 Å². The van der Waals surface area contributed by atoms with Crippen LogP contribution >= 0.6 is 0 Å². The molecule has 120 valence electrons. The van der Waals surface area contributed by atoms with E-state index in [4.69, 9.17) is 0 Å². The van der Waals surface area contributed by atoms with Gasteiger partial charge >= 0.3 is 0 Å². The second-order valence-electron chi connectivity index (χ2n) is 8.40. The molecule has 4 bridgehead atoms. The molecule has 4 nitrogen and oxygen atoms in total. The minimum absolute atomic E-state index is 0.185. The van der Waals surface area contributed by atoms with Gasteiger partial charge in [0.2, 0.25) is 5.91 Å². The van der Waals surface area contributed by atoms with Crippen LogP contribution in [0.5, 0.6) is 0 Å². The molecule has 4 aliphatic carbocycles. The minimum Gasteiger partial charge on any atom is -0.311 e. The van der Waals surface area contributed by atoms with Crippen molar-refractivity contribution in [3.05, 3.63) is 12.3 Å². The first-order valence-electron chi connectivity index (χ1n) is 8.86. The molecule has 1 aromatic heterocycles. The van der Waals surface area contributed by atoms with Gasteiger partial charge in [0.05, 0.1) is 6.20 Å². The Morgan fingerprint density at radius 2 is 1.86 bits per heavy atom. The Labute approximate surface area is 132 Å². The molecule has 1 aromatic rings. The molecule has 4 saturated carbocycles. The zero-order chi connectivity index (χ0) is 15.3. The van der Waals surface area contributed by atoms with Gasteiger partial charge in [-0.2, -0.15) is 5.10 Å². The maximum atomic E-state index is 12.6. The number of hydrogen-bond donors (Lipinski definition) is 1. The van der Waals surface area contributed by atoms with E-state index in [0.717, 1.165) is 23.6 Å². The second-order valence-corrected chi connectivity index (χ2v) is 8.40. The van der Waals surface area contributed by atoms with Gasteiger partial charge in [-0.3, -0.25) is 4.79 Å². The van der Waals surface area contributed by atoms with Crippen LogP contribution in [0.2, 0.25) is 0 Å². The highest BCUT2D eigenvalue weighted by molar-refractivity contribution is 5.90. The first-order valence-corrected chi connectivity index (χ1v) is 8.86. The van der Waals surface area contributed by atoms with Crippen LogP contribution in [-0.2, 0) is 4.79 Å². The Kier molecular flexibility index (Phi) is 3.31. The van der Waals surface area contributed by atoms with E-state index in [9.17, 15) is 4.79 Å². The van der Waals surface area contributed by atoms with Gasteiger partial charge in [-0.15, -0.1) is 0 Å². The molecule has 1 amide bonds. The van der Waals surface area contributed by atoms with Gasteiger partial charge in [0, 0.05) is 18.5 Å². The molecule has 22 heavy (non-hydrogen) atoms. The van der Waals surface area contributed by atoms with Crippen molar-refractivity contribution in [1.29, 1.82) is 0 Å². The van der Waals surface area contributed by atoms with Gasteiger partial charge in [0.1, 0.15) is 5.82 Å². The lowest BCUT2D eigenvalue weighted by Gasteiger charge is -2.56. The average Bonchev–Trinajstić information content (AvgIpc) is 2.84. The third-order valence-electron chi connectivity index (χ3n) is 6.13. The van der Waals surface area contributed by atoms with Crippen LogP contribution < -0.4 is 5.32 Å². The van der Waals surface area contributed by atoms with Gasteiger partial charge in [-0.1, -0.05) is 0 Å². The summed E-state index contributed by atoms with van der Waals surface area (Å²) >= 11 is 0. The molecule has 0 radical (unpaired) electrons. The zero-order valence-electron chi connectivity index (χ0n) is 13.7. The van der Waals surface area contributed by atoms with Crippen molar-refractivity contribution in [1.82, 2.24) is 9.78 Å². The molecule has 0 spiro atoms. The lowest BCUT2D eigenvalue weighted by atomic mass is 9.49. The molecule has 4 fully saturated rings. The predicted octanol–water partition coefficient (Wildman–Crippen LogP) is 4.01. The largest absolute Gasteiger partial charge is 0.311 e. The smallest absolute Gasteiger partial charge is 0.226 e. The molecular formula is C18H27N3O. The Balaban J connectivity index is 1.45. The lowest BCUT2D eigenvalue weighted by Crippen LogP contribution is -2.47. The third-order valence-corrected chi connectivity index (χ3v) is 6.13. The average molecular weight is 301 g/mol. The van der Waals surface area contributed by atoms with Crippen LogP contribution in [0.1, 0.15) is 64.8 Å². The number of amides is 1. The number of rotatable bonds is 4. The number of hydrogen-bond acceptors (Lipinski definition) is 2. The van der Waals surface area contributed by atoms with Crippen LogP contribution in [0.15, 0.2) is 12.3 Å². The van der Waals surface area contributed by atoms with Gasteiger partial charge in [0.15, 0.2) is 0 Å². The summed E-state index contributed by atoms with van der Waals surface area (Å²) in [5.41, 5.74) is 0.307. The Hall–Kier alpha value is -1.32. The number of nitrogens with one attached hydrogen (secondary N) is 1. The maximum absolute atomic E-state index is 12.6. The van der Waals surface area contributed by atoms with E-state index < -0.39 is 0 Å². The van der Waals surface area contributed by atoms with Crippen molar-refractivity contribution >= 4 is 11.7 Å². The van der Waals surface area contributed by atoms with Crippen LogP contribution in [0.25, 0.3) is 0 Å². The normalized spacial score (nSPS) is 36.0. The van der Waals surface area contributed by atoms with E-state index in [1.807, 2.05) is 10.7 Å². The fraction of sp³-hybridized carbons (Fsp3) is 0.778. The fourth-order valence-corrected chi connectivity index (χ4v) is 5.86. The molecule has 1 N–H and O–H groups in total. The number of nitrogens with zero attached hydrogens (tertiary/aromatic N) is 2. The molecule has 0 aromatic carbocycles.